The van der Waals surface area contributed by atoms with Gasteiger partial charge in [-0.3, -0.25) is 14.7 Å². The fourth-order valence-corrected chi connectivity index (χ4v) is 4.96. The molecule has 0 spiro atoms. The Morgan fingerprint density at radius 2 is 1.97 bits per heavy atom. The highest BCUT2D eigenvalue weighted by atomic mass is 35.5. The van der Waals surface area contributed by atoms with E-state index in [-0.39, 0.29) is 30.0 Å². The lowest BCUT2D eigenvalue weighted by atomic mass is 9.85. The molecule has 1 atom stereocenters. The minimum atomic E-state index is -4.30. The number of hydrogen-bond donors (Lipinski definition) is 1. The van der Waals surface area contributed by atoms with E-state index in [1.54, 1.807) is 11.0 Å². The topological polar surface area (TPSA) is 80.8 Å². The highest BCUT2D eigenvalue weighted by Crippen LogP contribution is 2.39. The molecule has 182 valence electrons. The SMILES string of the molecule is C[C@@]1(c2cccc(Cc3ccc(CC(F)(F)F)nc3)c2Cl)CC(=O)N(C2CCOCC2)C(N)=N1. The molecule has 2 N–H and O–H groups in total. The molecule has 2 aliphatic heterocycles. The predicted octanol–water partition coefficient (Wildman–Crippen LogP) is 4.37. The first-order valence-corrected chi connectivity index (χ1v) is 11.5. The zero-order chi connectivity index (χ0) is 24.5. The van der Waals surface area contributed by atoms with Gasteiger partial charge in [-0.1, -0.05) is 35.9 Å². The van der Waals surface area contributed by atoms with Crippen LogP contribution in [0.3, 0.4) is 0 Å². The van der Waals surface area contributed by atoms with E-state index >= 15 is 0 Å². The number of amides is 1. The summed E-state index contributed by atoms with van der Waals surface area (Å²) in [5.74, 6) is 0.0735. The first kappa shape index (κ1) is 24.5. The summed E-state index contributed by atoms with van der Waals surface area (Å²) in [4.78, 5) is 23.3. The monoisotopic (exact) mass is 494 g/mol. The Bertz CT molecular complexity index is 1080. The summed E-state index contributed by atoms with van der Waals surface area (Å²) in [6, 6.07) is 8.45. The molecule has 4 rings (SSSR count). The summed E-state index contributed by atoms with van der Waals surface area (Å²) >= 11 is 6.76. The van der Waals surface area contributed by atoms with Crippen molar-refractivity contribution in [3.05, 3.63) is 63.9 Å². The maximum atomic E-state index is 13.1. The molecule has 0 saturated carbocycles. The third kappa shape index (κ3) is 5.36. The van der Waals surface area contributed by atoms with Gasteiger partial charge < -0.3 is 10.5 Å². The third-order valence-corrected chi connectivity index (χ3v) is 6.70. The van der Waals surface area contributed by atoms with Gasteiger partial charge in [-0.25, -0.2) is 4.99 Å². The number of carbonyl (C=O) groups excluding carboxylic acids is 1. The second-order valence-electron chi connectivity index (χ2n) is 8.93. The van der Waals surface area contributed by atoms with Gasteiger partial charge in [0.2, 0.25) is 5.91 Å². The molecule has 0 bridgehead atoms. The van der Waals surface area contributed by atoms with E-state index in [0.29, 0.717) is 43.1 Å². The molecule has 1 amide bonds. The van der Waals surface area contributed by atoms with Gasteiger partial charge in [-0.2, -0.15) is 13.2 Å². The molecule has 2 aliphatic rings. The van der Waals surface area contributed by atoms with Crippen molar-refractivity contribution in [3.8, 4) is 0 Å². The Balaban J connectivity index is 1.56. The molecule has 1 aromatic heterocycles. The number of hydrogen-bond acceptors (Lipinski definition) is 5. The Hall–Kier alpha value is -2.65. The summed E-state index contributed by atoms with van der Waals surface area (Å²) in [5, 5.41) is 0.452. The number of aromatic nitrogens is 1. The van der Waals surface area contributed by atoms with Crippen LogP contribution in [0.5, 0.6) is 0 Å². The molecule has 3 heterocycles. The van der Waals surface area contributed by atoms with Gasteiger partial charge in [0.05, 0.1) is 18.4 Å². The van der Waals surface area contributed by atoms with Crippen LogP contribution in [0.25, 0.3) is 0 Å². The van der Waals surface area contributed by atoms with Gasteiger partial charge in [0.15, 0.2) is 5.96 Å². The molecule has 1 fully saturated rings. The smallest absolute Gasteiger partial charge is 0.381 e. The Labute approximate surface area is 201 Å². The minimum Gasteiger partial charge on any atom is -0.381 e. The van der Waals surface area contributed by atoms with Gasteiger partial charge in [-0.05, 0) is 42.5 Å². The quantitative estimate of drug-likeness (QED) is 0.669. The van der Waals surface area contributed by atoms with Crippen molar-refractivity contribution in [2.24, 2.45) is 10.7 Å². The van der Waals surface area contributed by atoms with Crippen LogP contribution in [0, 0.1) is 0 Å². The van der Waals surface area contributed by atoms with E-state index in [4.69, 9.17) is 27.1 Å². The molecule has 2 aromatic rings. The van der Waals surface area contributed by atoms with Crippen LogP contribution in [0.15, 0.2) is 41.5 Å². The van der Waals surface area contributed by atoms with Crippen LogP contribution in [0.1, 0.15) is 48.6 Å². The van der Waals surface area contributed by atoms with E-state index in [1.807, 2.05) is 25.1 Å². The molecule has 6 nitrogen and oxygen atoms in total. The number of ether oxygens (including phenoxy) is 1. The van der Waals surface area contributed by atoms with Crippen molar-refractivity contribution >= 4 is 23.5 Å². The highest BCUT2D eigenvalue weighted by Gasteiger charge is 2.41. The highest BCUT2D eigenvalue weighted by molar-refractivity contribution is 6.32. The Morgan fingerprint density at radius 3 is 2.59 bits per heavy atom. The number of nitrogens with zero attached hydrogens (tertiary/aromatic N) is 3. The van der Waals surface area contributed by atoms with Crippen LogP contribution >= 0.6 is 11.6 Å². The van der Waals surface area contributed by atoms with Gasteiger partial charge >= 0.3 is 6.18 Å². The molecule has 34 heavy (non-hydrogen) atoms. The van der Waals surface area contributed by atoms with Gasteiger partial charge in [0, 0.05) is 42.6 Å². The lowest BCUT2D eigenvalue weighted by molar-refractivity contribution is -0.132. The number of pyridine rings is 1. The molecule has 0 radical (unpaired) electrons. The van der Waals surface area contributed by atoms with Crippen molar-refractivity contribution in [2.75, 3.05) is 13.2 Å². The van der Waals surface area contributed by atoms with E-state index < -0.39 is 18.1 Å². The average Bonchev–Trinajstić information content (AvgIpc) is 2.75. The average molecular weight is 495 g/mol. The molecule has 1 saturated heterocycles. The van der Waals surface area contributed by atoms with Crippen LogP contribution in [0.2, 0.25) is 5.02 Å². The first-order valence-electron chi connectivity index (χ1n) is 11.1. The summed E-state index contributed by atoms with van der Waals surface area (Å²) in [5.41, 5.74) is 7.47. The number of nitrogens with two attached hydrogens (primary N) is 1. The van der Waals surface area contributed by atoms with Crippen LogP contribution in [0.4, 0.5) is 13.2 Å². The van der Waals surface area contributed by atoms with Gasteiger partial charge in [0.25, 0.3) is 0 Å². The second kappa shape index (κ2) is 9.54. The lowest BCUT2D eigenvalue weighted by Gasteiger charge is -2.40. The van der Waals surface area contributed by atoms with Gasteiger partial charge in [-0.15, -0.1) is 0 Å². The number of aliphatic imine (C=N–C) groups is 1. The molecule has 0 unspecified atom stereocenters. The number of guanidine groups is 1. The maximum Gasteiger partial charge on any atom is 0.394 e. The van der Waals surface area contributed by atoms with Crippen molar-refractivity contribution in [1.29, 1.82) is 0 Å². The van der Waals surface area contributed by atoms with E-state index in [2.05, 4.69) is 4.98 Å². The van der Waals surface area contributed by atoms with E-state index in [0.717, 1.165) is 11.1 Å². The van der Waals surface area contributed by atoms with Crippen molar-refractivity contribution in [3.63, 3.8) is 0 Å². The fraction of sp³-hybridized carbons (Fsp3) is 0.458. The Kier molecular flexibility index (Phi) is 6.87. The zero-order valence-electron chi connectivity index (χ0n) is 18.7. The Morgan fingerprint density at radius 1 is 1.24 bits per heavy atom. The number of carbonyl (C=O) groups is 1. The van der Waals surface area contributed by atoms with Crippen LogP contribution < -0.4 is 5.73 Å². The molecule has 0 aliphatic carbocycles. The predicted molar refractivity (Wildman–Crippen MR) is 123 cm³/mol. The molecule has 1 aromatic carbocycles. The van der Waals surface area contributed by atoms with Crippen molar-refractivity contribution in [2.45, 2.75) is 56.8 Å². The third-order valence-electron chi connectivity index (χ3n) is 6.25. The van der Waals surface area contributed by atoms with Crippen molar-refractivity contribution < 1.29 is 22.7 Å². The fourth-order valence-electron chi connectivity index (χ4n) is 4.56. The zero-order valence-corrected chi connectivity index (χ0v) is 19.5. The van der Waals surface area contributed by atoms with Crippen molar-refractivity contribution in [1.82, 2.24) is 9.88 Å². The normalized spacial score (nSPS) is 22.1. The summed E-state index contributed by atoms with van der Waals surface area (Å²) in [7, 11) is 0. The maximum absolute atomic E-state index is 13.1. The standard InChI is InChI=1S/C24H26ClF3N4O2/c1-23(13-20(33)32(22(29)31-23)18-7-9-34-10-8-18)19-4-2-3-16(21(19)25)11-15-5-6-17(30-14-15)12-24(26,27)28/h2-6,14,18H,7-13H2,1H3,(H2,29,31)/t23-/m0/s1. The minimum absolute atomic E-state index is 0.0239. The number of alkyl halides is 3. The largest absolute Gasteiger partial charge is 0.394 e. The molecule has 10 heteroatoms. The number of rotatable bonds is 5. The van der Waals surface area contributed by atoms with E-state index in [9.17, 15) is 18.0 Å². The number of halogens is 4. The second-order valence-corrected chi connectivity index (χ2v) is 9.31. The molecular formula is C24H26ClF3N4O2. The van der Waals surface area contributed by atoms with E-state index in [1.165, 1.54) is 12.3 Å². The summed E-state index contributed by atoms with van der Waals surface area (Å²) < 4.78 is 43.1. The molecular weight excluding hydrogens is 469 g/mol. The summed E-state index contributed by atoms with van der Waals surface area (Å²) in [6.07, 6.45) is -2.01. The summed E-state index contributed by atoms with van der Waals surface area (Å²) in [6.45, 7) is 3.00. The van der Waals surface area contributed by atoms with Gasteiger partial charge in [0.1, 0.15) is 0 Å². The van der Waals surface area contributed by atoms with Crippen LogP contribution in [-0.4, -0.2) is 47.2 Å². The lowest BCUT2D eigenvalue weighted by Crippen LogP contribution is -2.55. The number of benzene rings is 1. The first-order chi connectivity index (χ1) is 16.1. The van der Waals surface area contributed by atoms with Crippen LogP contribution in [-0.2, 0) is 27.9 Å².